The average Bonchev–Trinajstić information content (AvgIpc) is 3.30. The van der Waals surface area contributed by atoms with Gasteiger partial charge in [-0.25, -0.2) is 4.98 Å². The van der Waals surface area contributed by atoms with E-state index in [2.05, 4.69) is 27.4 Å². The summed E-state index contributed by atoms with van der Waals surface area (Å²) in [5, 5.41) is 12.0. The predicted octanol–water partition coefficient (Wildman–Crippen LogP) is 4.53. The van der Waals surface area contributed by atoms with E-state index in [1.165, 1.54) is 11.3 Å². The summed E-state index contributed by atoms with van der Waals surface area (Å²) in [5.74, 6) is -0.155. The Balaban J connectivity index is 1.53. The molecule has 4 aromatic rings. The molecule has 6 nitrogen and oxygen atoms in total. The summed E-state index contributed by atoms with van der Waals surface area (Å²) in [6.45, 7) is 2.11. The standard InChI is InChI=1S/C19H17N5OS2/c1-12(27-19-23-21-10-24(19)2)13-5-3-6-14(9-13)22-18(25)15-7-4-8-16-17(15)20-11-26-16/h3-12H,1-2H3,(H,22,25). The first kappa shape index (κ1) is 17.7. The van der Waals surface area contributed by atoms with Crippen LogP contribution in [0.3, 0.4) is 0 Å². The Bertz CT molecular complexity index is 1100. The van der Waals surface area contributed by atoms with Gasteiger partial charge in [0.05, 0.1) is 21.3 Å². The number of thiazole rings is 1. The van der Waals surface area contributed by atoms with Gasteiger partial charge in [0.1, 0.15) is 6.33 Å². The van der Waals surface area contributed by atoms with Crippen molar-refractivity contribution in [2.75, 3.05) is 5.32 Å². The molecule has 136 valence electrons. The minimum absolute atomic E-state index is 0.155. The van der Waals surface area contributed by atoms with Gasteiger partial charge in [-0.15, -0.1) is 21.5 Å². The third kappa shape index (κ3) is 3.72. The van der Waals surface area contributed by atoms with Crippen LogP contribution in [-0.2, 0) is 7.05 Å². The lowest BCUT2D eigenvalue weighted by molar-refractivity contribution is 0.102. The summed E-state index contributed by atoms with van der Waals surface area (Å²) in [6.07, 6.45) is 1.69. The second kappa shape index (κ2) is 7.50. The molecule has 0 saturated heterocycles. The molecule has 0 radical (unpaired) electrons. The molecule has 0 aliphatic carbocycles. The highest BCUT2D eigenvalue weighted by Crippen LogP contribution is 2.34. The van der Waals surface area contributed by atoms with Crippen molar-refractivity contribution in [2.45, 2.75) is 17.3 Å². The van der Waals surface area contributed by atoms with Crippen LogP contribution >= 0.6 is 23.1 Å². The molecule has 0 aliphatic rings. The second-order valence-corrected chi connectivity index (χ2v) is 8.26. The first-order valence-corrected chi connectivity index (χ1v) is 10.1. The number of aromatic nitrogens is 4. The number of nitrogens with zero attached hydrogens (tertiary/aromatic N) is 4. The fourth-order valence-electron chi connectivity index (χ4n) is 2.74. The zero-order chi connectivity index (χ0) is 18.8. The number of rotatable bonds is 5. The number of hydrogen-bond acceptors (Lipinski definition) is 6. The molecule has 1 amide bonds. The quantitative estimate of drug-likeness (QED) is 0.503. The van der Waals surface area contributed by atoms with Gasteiger partial charge in [0.25, 0.3) is 5.91 Å². The molecule has 8 heteroatoms. The number of para-hydroxylation sites is 1. The van der Waals surface area contributed by atoms with E-state index in [9.17, 15) is 4.79 Å². The number of hydrogen-bond donors (Lipinski definition) is 1. The van der Waals surface area contributed by atoms with Gasteiger partial charge in [0.15, 0.2) is 5.16 Å². The number of nitrogens with one attached hydrogen (secondary N) is 1. The van der Waals surface area contributed by atoms with Crippen LogP contribution in [0.2, 0.25) is 0 Å². The van der Waals surface area contributed by atoms with Crippen LogP contribution in [0.25, 0.3) is 10.2 Å². The normalized spacial score (nSPS) is 12.2. The highest BCUT2D eigenvalue weighted by molar-refractivity contribution is 7.99. The van der Waals surface area contributed by atoms with Gasteiger partial charge in [-0.05, 0) is 36.8 Å². The number of aryl methyl sites for hydroxylation is 1. The highest BCUT2D eigenvalue weighted by Gasteiger charge is 2.14. The molecule has 0 spiro atoms. The Kier molecular flexibility index (Phi) is 4.91. The van der Waals surface area contributed by atoms with Gasteiger partial charge in [0.2, 0.25) is 0 Å². The molecule has 0 aliphatic heterocycles. The minimum atomic E-state index is -0.155. The molecule has 2 heterocycles. The van der Waals surface area contributed by atoms with E-state index >= 15 is 0 Å². The van der Waals surface area contributed by atoms with Crippen LogP contribution in [-0.4, -0.2) is 25.7 Å². The van der Waals surface area contributed by atoms with Crippen molar-refractivity contribution in [3.8, 4) is 0 Å². The number of carbonyl (C=O) groups excluding carboxylic acids is 1. The fourth-order valence-corrected chi connectivity index (χ4v) is 4.35. The van der Waals surface area contributed by atoms with Gasteiger partial charge in [-0.3, -0.25) is 4.79 Å². The molecule has 1 unspecified atom stereocenters. The maximum absolute atomic E-state index is 12.7. The largest absolute Gasteiger partial charge is 0.322 e. The van der Waals surface area contributed by atoms with Crippen molar-refractivity contribution in [1.82, 2.24) is 19.7 Å². The smallest absolute Gasteiger partial charge is 0.257 e. The monoisotopic (exact) mass is 395 g/mol. The van der Waals surface area contributed by atoms with Crippen LogP contribution < -0.4 is 5.32 Å². The Morgan fingerprint density at radius 3 is 2.93 bits per heavy atom. The van der Waals surface area contributed by atoms with Crippen molar-refractivity contribution in [3.63, 3.8) is 0 Å². The summed E-state index contributed by atoms with van der Waals surface area (Å²) in [7, 11) is 1.92. The van der Waals surface area contributed by atoms with Crippen LogP contribution in [0.4, 0.5) is 5.69 Å². The minimum Gasteiger partial charge on any atom is -0.322 e. The number of amides is 1. The lowest BCUT2D eigenvalue weighted by Crippen LogP contribution is -2.12. The maximum Gasteiger partial charge on any atom is 0.257 e. The van der Waals surface area contributed by atoms with E-state index in [0.29, 0.717) is 5.56 Å². The summed E-state index contributed by atoms with van der Waals surface area (Å²) in [5.41, 5.74) is 4.94. The maximum atomic E-state index is 12.7. The van der Waals surface area contributed by atoms with Gasteiger partial charge >= 0.3 is 0 Å². The Hall–Kier alpha value is -2.71. The first-order valence-electron chi connectivity index (χ1n) is 8.36. The first-order chi connectivity index (χ1) is 13.1. The van der Waals surface area contributed by atoms with E-state index in [1.54, 1.807) is 29.7 Å². The van der Waals surface area contributed by atoms with Crippen LogP contribution in [0, 0.1) is 0 Å². The number of anilines is 1. The summed E-state index contributed by atoms with van der Waals surface area (Å²) >= 11 is 3.15. The van der Waals surface area contributed by atoms with Gasteiger partial charge < -0.3 is 9.88 Å². The number of fused-ring (bicyclic) bond motifs is 1. The second-order valence-electron chi connectivity index (χ2n) is 6.07. The summed E-state index contributed by atoms with van der Waals surface area (Å²) in [4.78, 5) is 17.1. The molecule has 2 aromatic carbocycles. The lowest BCUT2D eigenvalue weighted by atomic mass is 10.1. The third-order valence-corrected chi connectivity index (χ3v) is 6.17. The third-order valence-electron chi connectivity index (χ3n) is 4.17. The fraction of sp³-hybridized carbons (Fsp3) is 0.158. The van der Waals surface area contributed by atoms with Crippen LogP contribution in [0.15, 0.2) is 59.5 Å². The van der Waals surface area contributed by atoms with E-state index in [1.807, 2.05) is 48.0 Å². The van der Waals surface area contributed by atoms with Crippen LogP contribution in [0.1, 0.15) is 28.1 Å². The molecule has 0 fully saturated rings. The zero-order valence-corrected chi connectivity index (χ0v) is 16.4. The van der Waals surface area contributed by atoms with Crippen molar-refractivity contribution in [2.24, 2.45) is 7.05 Å². The van der Waals surface area contributed by atoms with Gasteiger partial charge in [-0.1, -0.05) is 30.0 Å². The van der Waals surface area contributed by atoms with Crippen molar-refractivity contribution in [3.05, 3.63) is 65.4 Å². The zero-order valence-electron chi connectivity index (χ0n) is 14.8. The van der Waals surface area contributed by atoms with Crippen LogP contribution in [0.5, 0.6) is 0 Å². The molecule has 27 heavy (non-hydrogen) atoms. The summed E-state index contributed by atoms with van der Waals surface area (Å²) < 4.78 is 2.89. The molecular weight excluding hydrogens is 378 g/mol. The molecular formula is C19H17N5OS2. The molecule has 1 atom stereocenters. The molecule has 4 rings (SSSR count). The van der Waals surface area contributed by atoms with E-state index in [0.717, 1.165) is 26.6 Å². The van der Waals surface area contributed by atoms with Crippen molar-refractivity contribution < 1.29 is 4.79 Å². The highest BCUT2D eigenvalue weighted by atomic mass is 32.2. The average molecular weight is 396 g/mol. The molecule has 0 bridgehead atoms. The molecule has 0 saturated carbocycles. The topological polar surface area (TPSA) is 72.7 Å². The number of carbonyl (C=O) groups is 1. The molecule has 1 N–H and O–H groups in total. The van der Waals surface area contributed by atoms with Gasteiger partial charge in [0, 0.05) is 18.0 Å². The molecule has 2 aromatic heterocycles. The predicted molar refractivity (Wildman–Crippen MR) is 109 cm³/mol. The SMILES string of the molecule is CC(Sc1nncn1C)c1cccc(NC(=O)c2cccc3scnc23)c1. The number of thioether (sulfide) groups is 1. The summed E-state index contributed by atoms with van der Waals surface area (Å²) in [6, 6.07) is 13.5. The Labute approximate surface area is 164 Å². The number of benzene rings is 2. The lowest BCUT2D eigenvalue weighted by Gasteiger charge is -2.13. The van der Waals surface area contributed by atoms with Crippen molar-refractivity contribution >= 4 is 44.9 Å². The van der Waals surface area contributed by atoms with E-state index < -0.39 is 0 Å². The van der Waals surface area contributed by atoms with Crippen molar-refractivity contribution in [1.29, 1.82) is 0 Å². The van der Waals surface area contributed by atoms with E-state index in [-0.39, 0.29) is 11.2 Å². The van der Waals surface area contributed by atoms with E-state index in [4.69, 9.17) is 0 Å². The Morgan fingerprint density at radius 2 is 2.11 bits per heavy atom. The van der Waals surface area contributed by atoms with Gasteiger partial charge in [-0.2, -0.15) is 0 Å². The Morgan fingerprint density at radius 1 is 1.26 bits per heavy atom.